The van der Waals surface area contributed by atoms with Gasteiger partial charge in [-0.15, -0.1) is 0 Å². The van der Waals surface area contributed by atoms with E-state index in [9.17, 15) is 4.39 Å². The Morgan fingerprint density at radius 2 is 1.70 bits per heavy atom. The van der Waals surface area contributed by atoms with Crippen molar-refractivity contribution in [3.8, 4) is 22.6 Å². The highest BCUT2D eigenvalue weighted by atomic mass is 19.1. The third kappa shape index (κ3) is 3.93. The molecule has 2 aromatic heterocycles. The highest BCUT2D eigenvalue weighted by Crippen LogP contribution is 2.33. The van der Waals surface area contributed by atoms with Crippen LogP contribution in [-0.2, 0) is 9.47 Å². The molecule has 156 valence electrons. The van der Waals surface area contributed by atoms with Gasteiger partial charge in [-0.1, -0.05) is 0 Å². The van der Waals surface area contributed by atoms with Crippen LogP contribution in [0.1, 0.15) is 37.8 Å². The number of nitrogens with one attached hydrogen (secondary N) is 1. The van der Waals surface area contributed by atoms with Crippen molar-refractivity contribution in [2.24, 2.45) is 0 Å². The molecule has 5 rings (SSSR count). The Balaban J connectivity index is 1.55. The van der Waals surface area contributed by atoms with E-state index in [1.807, 2.05) is 6.07 Å². The normalized spacial score (nSPS) is 18.0. The zero-order chi connectivity index (χ0) is 20.3. The molecule has 0 atom stereocenters. The third-order valence-corrected chi connectivity index (χ3v) is 5.43. The zero-order valence-corrected chi connectivity index (χ0v) is 16.7. The highest BCUT2D eigenvalue weighted by Gasteiger charge is 2.25. The van der Waals surface area contributed by atoms with Crippen LogP contribution in [-0.4, -0.2) is 46.2 Å². The van der Waals surface area contributed by atoms with Crippen LogP contribution in [0.25, 0.3) is 22.6 Å². The molecule has 0 saturated carbocycles. The number of hydrogen-bond acceptors (Lipinski definition) is 6. The van der Waals surface area contributed by atoms with Crippen molar-refractivity contribution in [3.63, 3.8) is 0 Å². The summed E-state index contributed by atoms with van der Waals surface area (Å²) in [7, 11) is 0. The van der Waals surface area contributed by atoms with Gasteiger partial charge in [-0.3, -0.25) is 0 Å². The average molecular weight is 409 g/mol. The van der Waals surface area contributed by atoms with Crippen LogP contribution in [0, 0.1) is 5.82 Å². The largest absolute Gasteiger partial charge is 0.346 e. The van der Waals surface area contributed by atoms with Crippen LogP contribution >= 0.6 is 0 Å². The van der Waals surface area contributed by atoms with Gasteiger partial charge in [0.2, 0.25) is 12.2 Å². The van der Waals surface area contributed by atoms with E-state index < -0.39 is 6.29 Å². The second-order valence-electron chi connectivity index (χ2n) is 7.57. The third-order valence-electron chi connectivity index (χ3n) is 5.43. The highest BCUT2D eigenvalue weighted by molar-refractivity contribution is 5.77. The first-order chi connectivity index (χ1) is 14.8. The lowest BCUT2D eigenvalue weighted by molar-refractivity contribution is -0.186. The van der Waals surface area contributed by atoms with Gasteiger partial charge in [-0.2, -0.15) is 0 Å². The Morgan fingerprint density at radius 3 is 2.47 bits per heavy atom. The van der Waals surface area contributed by atoms with Crippen molar-refractivity contribution in [3.05, 3.63) is 48.2 Å². The van der Waals surface area contributed by atoms with Crippen LogP contribution in [0.4, 0.5) is 10.3 Å². The van der Waals surface area contributed by atoms with Gasteiger partial charge in [0.15, 0.2) is 5.82 Å². The molecular formula is C22H24FN5O2. The summed E-state index contributed by atoms with van der Waals surface area (Å²) in [5.41, 5.74) is 2.96. The molecule has 3 aromatic rings. The van der Waals surface area contributed by atoms with E-state index >= 15 is 0 Å². The molecule has 4 heterocycles. The number of benzene rings is 1. The summed E-state index contributed by atoms with van der Waals surface area (Å²) < 4.78 is 24.9. The maximum Gasteiger partial charge on any atom is 0.225 e. The number of hydrogen-bond donors (Lipinski definition) is 1. The average Bonchev–Trinajstić information content (AvgIpc) is 3.26. The van der Waals surface area contributed by atoms with E-state index in [0.717, 1.165) is 55.3 Å². The van der Waals surface area contributed by atoms with Crippen LogP contribution in [0.15, 0.2) is 36.5 Å². The number of imidazole rings is 1. The molecule has 1 aromatic carbocycles. The van der Waals surface area contributed by atoms with E-state index in [-0.39, 0.29) is 5.82 Å². The first kappa shape index (κ1) is 19.1. The van der Waals surface area contributed by atoms with Gasteiger partial charge in [0, 0.05) is 24.8 Å². The van der Waals surface area contributed by atoms with E-state index in [2.05, 4.69) is 14.9 Å². The molecular weight excluding hydrogens is 385 g/mol. The van der Waals surface area contributed by atoms with Gasteiger partial charge < -0.3 is 19.4 Å². The van der Waals surface area contributed by atoms with Gasteiger partial charge in [0.1, 0.15) is 5.82 Å². The summed E-state index contributed by atoms with van der Waals surface area (Å²) in [5, 5.41) is 0. The lowest BCUT2D eigenvalue weighted by Gasteiger charge is -2.26. The van der Waals surface area contributed by atoms with Crippen LogP contribution in [0.5, 0.6) is 0 Å². The number of ether oxygens (including phenoxy) is 2. The van der Waals surface area contributed by atoms with Gasteiger partial charge in [0.25, 0.3) is 0 Å². The van der Waals surface area contributed by atoms with Crippen molar-refractivity contribution >= 4 is 5.95 Å². The predicted octanol–water partition coefficient (Wildman–Crippen LogP) is 4.10. The molecule has 0 radical (unpaired) electrons. The zero-order valence-electron chi connectivity index (χ0n) is 16.7. The Kier molecular flexibility index (Phi) is 5.42. The number of H-pyrrole nitrogens is 1. The molecule has 2 aliphatic rings. The lowest BCUT2D eigenvalue weighted by atomic mass is 10.1. The quantitative estimate of drug-likeness (QED) is 0.699. The summed E-state index contributed by atoms with van der Waals surface area (Å²) in [6.07, 6.45) is 5.64. The Morgan fingerprint density at radius 1 is 0.933 bits per heavy atom. The maximum atomic E-state index is 13.5. The first-order valence-corrected chi connectivity index (χ1v) is 10.5. The minimum absolute atomic E-state index is 0.288. The summed E-state index contributed by atoms with van der Waals surface area (Å²) in [6, 6.07) is 8.16. The van der Waals surface area contributed by atoms with Gasteiger partial charge in [0.05, 0.1) is 30.3 Å². The molecule has 1 N–H and O–H groups in total. The fraction of sp³-hybridized carbons (Fsp3) is 0.409. The minimum Gasteiger partial charge on any atom is -0.346 e. The van der Waals surface area contributed by atoms with E-state index in [0.29, 0.717) is 24.7 Å². The number of piperidine rings is 1. The van der Waals surface area contributed by atoms with Crippen LogP contribution in [0.2, 0.25) is 0 Å². The predicted molar refractivity (Wildman–Crippen MR) is 110 cm³/mol. The van der Waals surface area contributed by atoms with Gasteiger partial charge in [-0.05, 0) is 56.0 Å². The smallest absolute Gasteiger partial charge is 0.225 e. The molecule has 0 unspecified atom stereocenters. The minimum atomic E-state index is -0.546. The van der Waals surface area contributed by atoms with E-state index in [1.165, 1.54) is 18.6 Å². The molecule has 2 fully saturated rings. The van der Waals surface area contributed by atoms with Crippen molar-refractivity contribution < 1.29 is 13.9 Å². The number of anilines is 1. The van der Waals surface area contributed by atoms with E-state index in [1.54, 1.807) is 18.3 Å². The Bertz CT molecular complexity index is 995. The summed E-state index contributed by atoms with van der Waals surface area (Å²) in [4.78, 5) is 19.6. The molecule has 0 spiro atoms. The second kappa shape index (κ2) is 8.49. The fourth-order valence-electron chi connectivity index (χ4n) is 3.88. The Labute approximate surface area is 174 Å². The monoisotopic (exact) mass is 409 g/mol. The maximum absolute atomic E-state index is 13.5. The molecule has 30 heavy (non-hydrogen) atoms. The Hall–Kier alpha value is -2.84. The van der Waals surface area contributed by atoms with Crippen molar-refractivity contribution in [2.45, 2.75) is 32.0 Å². The SMILES string of the molecule is Fc1ccc(-c2nc(C3OCCCO3)[nH]c2-c2ccnc(N3CCCCC3)n2)cc1. The standard InChI is InChI=1S/C22H24FN5O2/c23-16-7-5-15(6-8-16)18-19(27-20(26-18)21-29-13-4-14-30-21)17-9-10-24-22(25-17)28-11-2-1-3-12-28/h5-10,21H,1-4,11-14H2,(H,26,27). The summed E-state index contributed by atoms with van der Waals surface area (Å²) in [5.74, 6) is 1.02. The molecule has 2 saturated heterocycles. The van der Waals surface area contributed by atoms with Crippen molar-refractivity contribution in [1.29, 1.82) is 0 Å². The van der Waals surface area contributed by atoms with Crippen molar-refractivity contribution in [1.82, 2.24) is 19.9 Å². The number of halogens is 1. The fourth-order valence-corrected chi connectivity index (χ4v) is 3.88. The van der Waals surface area contributed by atoms with Crippen LogP contribution in [0.3, 0.4) is 0 Å². The number of aromatic nitrogens is 4. The van der Waals surface area contributed by atoms with Gasteiger partial charge >= 0.3 is 0 Å². The summed E-state index contributed by atoms with van der Waals surface area (Å²) >= 11 is 0. The lowest BCUT2D eigenvalue weighted by Crippen LogP contribution is -2.31. The number of aromatic amines is 1. The molecule has 8 heteroatoms. The number of rotatable bonds is 4. The summed E-state index contributed by atoms with van der Waals surface area (Å²) in [6.45, 7) is 3.18. The molecule has 7 nitrogen and oxygen atoms in total. The molecule has 0 aliphatic carbocycles. The van der Waals surface area contributed by atoms with Gasteiger partial charge in [-0.25, -0.2) is 19.3 Å². The second-order valence-corrected chi connectivity index (χ2v) is 7.57. The topological polar surface area (TPSA) is 76.2 Å². The molecule has 2 aliphatic heterocycles. The van der Waals surface area contributed by atoms with E-state index in [4.69, 9.17) is 19.4 Å². The van der Waals surface area contributed by atoms with Crippen molar-refractivity contribution in [2.75, 3.05) is 31.2 Å². The molecule has 0 amide bonds. The molecule has 0 bridgehead atoms. The van der Waals surface area contributed by atoms with Crippen LogP contribution < -0.4 is 4.90 Å². The number of nitrogens with zero attached hydrogens (tertiary/aromatic N) is 4. The first-order valence-electron chi connectivity index (χ1n) is 10.5.